The van der Waals surface area contributed by atoms with Gasteiger partial charge >= 0.3 is 0 Å². The van der Waals surface area contributed by atoms with E-state index in [0.29, 0.717) is 0 Å². The van der Waals surface area contributed by atoms with Gasteiger partial charge in [0.25, 0.3) is 0 Å². The Morgan fingerprint density at radius 2 is 1.55 bits per heavy atom. The number of nitrogens with one attached hydrogen (secondary N) is 1. The van der Waals surface area contributed by atoms with Crippen molar-refractivity contribution in [3.8, 4) is 11.5 Å². The van der Waals surface area contributed by atoms with E-state index in [9.17, 15) is 0 Å². The molecule has 0 aliphatic heterocycles. The zero-order valence-electron chi connectivity index (χ0n) is 12.0. The molecule has 2 aromatic rings. The van der Waals surface area contributed by atoms with Gasteiger partial charge in [0.15, 0.2) is 0 Å². The number of hydrazine groups is 1. The van der Waals surface area contributed by atoms with Gasteiger partial charge in [-0.3, -0.25) is 5.84 Å². The molecule has 3 N–H and O–H groups in total. The van der Waals surface area contributed by atoms with Crippen LogP contribution in [0.15, 0.2) is 42.5 Å². The monoisotopic (exact) mass is 272 g/mol. The molecule has 0 aliphatic rings. The minimum absolute atomic E-state index is 0.0631. The summed E-state index contributed by atoms with van der Waals surface area (Å²) in [6, 6.07) is 13.8. The van der Waals surface area contributed by atoms with E-state index in [1.807, 2.05) is 49.4 Å². The summed E-state index contributed by atoms with van der Waals surface area (Å²) in [7, 11) is 3.32. The zero-order chi connectivity index (χ0) is 14.5. The van der Waals surface area contributed by atoms with Gasteiger partial charge in [0.1, 0.15) is 11.5 Å². The molecule has 0 aliphatic carbocycles. The standard InChI is InChI=1S/C16H20N2O2/c1-11-10-14(20-3)8-9-15(11)16(18-17)12-4-6-13(19-2)7-5-12/h4-10,16,18H,17H2,1-3H3. The van der Waals surface area contributed by atoms with Crippen LogP contribution in [0.1, 0.15) is 22.7 Å². The number of hydrogen-bond acceptors (Lipinski definition) is 4. The van der Waals surface area contributed by atoms with E-state index in [4.69, 9.17) is 15.3 Å². The third-order valence-electron chi connectivity index (χ3n) is 3.40. The SMILES string of the molecule is COc1ccc(C(NN)c2ccc(OC)cc2C)cc1. The molecule has 0 bridgehead atoms. The van der Waals surface area contributed by atoms with Crippen LogP contribution >= 0.6 is 0 Å². The van der Waals surface area contributed by atoms with Crippen molar-refractivity contribution in [2.75, 3.05) is 14.2 Å². The van der Waals surface area contributed by atoms with Crippen LogP contribution in [0.25, 0.3) is 0 Å². The van der Waals surface area contributed by atoms with Crippen molar-refractivity contribution < 1.29 is 9.47 Å². The van der Waals surface area contributed by atoms with Gasteiger partial charge in [0.05, 0.1) is 20.3 Å². The summed E-state index contributed by atoms with van der Waals surface area (Å²) in [5.74, 6) is 7.41. The van der Waals surface area contributed by atoms with Gasteiger partial charge in [0.2, 0.25) is 0 Å². The first-order chi connectivity index (χ1) is 9.69. The average molecular weight is 272 g/mol. The van der Waals surface area contributed by atoms with E-state index >= 15 is 0 Å². The van der Waals surface area contributed by atoms with Crippen LogP contribution in [0.2, 0.25) is 0 Å². The predicted molar refractivity (Wildman–Crippen MR) is 79.9 cm³/mol. The molecule has 0 heterocycles. The fourth-order valence-electron chi connectivity index (χ4n) is 2.26. The fourth-order valence-corrected chi connectivity index (χ4v) is 2.26. The Morgan fingerprint density at radius 3 is 2.05 bits per heavy atom. The highest BCUT2D eigenvalue weighted by atomic mass is 16.5. The van der Waals surface area contributed by atoms with Crippen molar-refractivity contribution in [1.82, 2.24) is 5.43 Å². The third-order valence-corrected chi connectivity index (χ3v) is 3.40. The van der Waals surface area contributed by atoms with E-state index in [2.05, 4.69) is 5.43 Å². The van der Waals surface area contributed by atoms with Gasteiger partial charge in [0, 0.05) is 0 Å². The molecule has 0 fully saturated rings. The second kappa shape index (κ2) is 6.41. The van der Waals surface area contributed by atoms with Crippen molar-refractivity contribution >= 4 is 0 Å². The summed E-state index contributed by atoms with van der Waals surface area (Å²) >= 11 is 0. The van der Waals surface area contributed by atoms with Gasteiger partial charge < -0.3 is 9.47 Å². The maximum Gasteiger partial charge on any atom is 0.119 e. The maximum absolute atomic E-state index is 5.73. The molecule has 0 saturated carbocycles. The van der Waals surface area contributed by atoms with Crippen molar-refractivity contribution in [1.29, 1.82) is 0 Å². The Morgan fingerprint density at radius 1 is 0.950 bits per heavy atom. The summed E-state index contributed by atoms with van der Waals surface area (Å²) < 4.78 is 10.4. The lowest BCUT2D eigenvalue weighted by Gasteiger charge is -2.20. The number of rotatable bonds is 5. The normalized spacial score (nSPS) is 12.0. The number of nitrogens with two attached hydrogens (primary N) is 1. The molecule has 0 aromatic heterocycles. The minimum Gasteiger partial charge on any atom is -0.497 e. The molecule has 0 amide bonds. The molecular formula is C16H20N2O2. The zero-order valence-corrected chi connectivity index (χ0v) is 12.0. The number of benzene rings is 2. The Labute approximate surface area is 119 Å². The Bertz CT molecular complexity index is 567. The van der Waals surface area contributed by atoms with Crippen LogP contribution in [0.4, 0.5) is 0 Å². The molecule has 2 rings (SSSR count). The molecule has 2 aromatic carbocycles. The van der Waals surface area contributed by atoms with Gasteiger partial charge in [-0.1, -0.05) is 18.2 Å². The molecule has 0 radical (unpaired) electrons. The van der Waals surface area contributed by atoms with Crippen LogP contribution in [0.3, 0.4) is 0 Å². The van der Waals surface area contributed by atoms with Gasteiger partial charge in [-0.2, -0.15) is 0 Å². The van der Waals surface area contributed by atoms with Crippen LogP contribution in [-0.4, -0.2) is 14.2 Å². The number of hydrogen-bond donors (Lipinski definition) is 2. The lowest BCUT2D eigenvalue weighted by molar-refractivity contribution is 0.414. The highest BCUT2D eigenvalue weighted by Crippen LogP contribution is 2.28. The molecule has 20 heavy (non-hydrogen) atoms. The van der Waals surface area contributed by atoms with Crippen molar-refractivity contribution in [2.24, 2.45) is 5.84 Å². The van der Waals surface area contributed by atoms with Gasteiger partial charge in [-0.25, -0.2) is 5.43 Å². The summed E-state index contributed by atoms with van der Waals surface area (Å²) in [4.78, 5) is 0. The molecule has 0 spiro atoms. The van der Waals surface area contributed by atoms with Crippen LogP contribution < -0.4 is 20.7 Å². The predicted octanol–water partition coefficient (Wildman–Crippen LogP) is 2.56. The summed E-state index contributed by atoms with van der Waals surface area (Å²) in [5, 5.41) is 0. The second-order valence-corrected chi connectivity index (χ2v) is 4.60. The van der Waals surface area contributed by atoms with E-state index in [-0.39, 0.29) is 6.04 Å². The second-order valence-electron chi connectivity index (χ2n) is 4.60. The molecular weight excluding hydrogens is 252 g/mol. The van der Waals surface area contributed by atoms with Crippen LogP contribution in [0.5, 0.6) is 11.5 Å². The fraction of sp³-hybridized carbons (Fsp3) is 0.250. The van der Waals surface area contributed by atoms with E-state index in [1.54, 1.807) is 14.2 Å². The molecule has 106 valence electrons. The van der Waals surface area contributed by atoms with Crippen LogP contribution in [-0.2, 0) is 0 Å². The first-order valence-corrected chi connectivity index (χ1v) is 6.44. The quantitative estimate of drug-likeness (QED) is 0.649. The average Bonchev–Trinajstić information content (AvgIpc) is 2.50. The highest BCUT2D eigenvalue weighted by Gasteiger charge is 2.15. The van der Waals surface area contributed by atoms with Crippen molar-refractivity contribution in [3.63, 3.8) is 0 Å². The van der Waals surface area contributed by atoms with Crippen molar-refractivity contribution in [3.05, 3.63) is 59.2 Å². The lowest BCUT2D eigenvalue weighted by Crippen LogP contribution is -2.29. The minimum atomic E-state index is -0.0631. The van der Waals surface area contributed by atoms with Gasteiger partial charge in [-0.05, 0) is 47.9 Å². The number of ether oxygens (including phenoxy) is 2. The Balaban J connectivity index is 2.35. The summed E-state index contributed by atoms with van der Waals surface area (Å²) in [5.41, 5.74) is 6.21. The first kappa shape index (κ1) is 14.4. The molecule has 4 heteroatoms. The highest BCUT2D eigenvalue weighted by molar-refractivity contribution is 5.42. The number of methoxy groups -OCH3 is 2. The Hall–Kier alpha value is -2.04. The Kier molecular flexibility index (Phi) is 4.61. The van der Waals surface area contributed by atoms with Crippen molar-refractivity contribution in [2.45, 2.75) is 13.0 Å². The smallest absolute Gasteiger partial charge is 0.119 e. The largest absolute Gasteiger partial charge is 0.497 e. The lowest BCUT2D eigenvalue weighted by atomic mass is 9.95. The van der Waals surface area contributed by atoms with Gasteiger partial charge in [-0.15, -0.1) is 0 Å². The molecule has 1 unspecified atom stereocenters. The van der Waals surface area contributed by atoms with E-state index in [1.165, 1.54) is 0 Å². The first-order valence-electron chi connectivity index (χ1n) is 6.44. The summed E-state index contributed by atoms with van der Waals surface area (Å²) in [6.45, 7) is 2.05. The topological polar surface area (TPSA) is 56.5 Å². The molecule has 0 saturated heterocycles. The van der Waals surface area contributed by atoms with Crippen LogP contribution in [0, 0.1) is 6.92 Å². The third kappa shape index (κ3) is 2.92. The summed E-state index contributed by atoms with van der Waals surface area (Å²) in [6.07, 6.45) is 0. The molecule has 4 nitrogen and oxygen atoms in total. The van der Waals surface area contributed by atoms with E-state index < -0.39 is 0 Å². The maximum atomic E-state index is 5.73. The van der Waals surface area contributed by atoms with E-state index in [0.717, 1.165) is 28.2 Å². The molecule has 1 atom stereocenters. The number of aryl methyl sites for hydroxylation is 1.